The van der Waals surface area contributed by atoms with E-state index in [2.05, 4.69) is 5.32 Å². The number of rotatable bonds is 5. The summed E-state index contributed by atoms with van der Waals surface area (Å²) in [6, 6.07) is 0.00478. The van der Waals surface area contributed by atoms with Gasteiger partial charge in [0, 0.05) is 22.6 Å². The van der Waals surface area contributed by atoms with Crippen LogP contribution in [0.3, 0.4) is 0 Å². The summed E-state index contributed by atoms with van der Waals surface area (Å²) in [7, 11) is 3.03. The van der Waals surface area contributed by atoms with Crippen LogP contribution in [0.2, 0.25) is 0 Å². The van der Waals surface area contributed by atoms with Gasteiger partial charge in [-0.25, -0.2) is 4.39 Å². The molecule has 0 radical (unpaired) electrons. The Morgan fingerprint density at radius 2 is 1.87 bits per heavy atom. The molecule has 0 bridgehead atoms. The van der Waals surface area contributed by atoms with Gasteiger partial charge in [-0.05, 0) is 78.2 Å². The molecule has 7 N–H and O–H groups in total. The third-order valence-electron chi connectivity index (χ3n) is 7.78. The second-order valence-corrected chi connectivity index (χ2v) is 11.6. The number of nitrogens with one attached hydrogen (secondary N) is 1. The lowest BCUT2D eigenvalue weighted by Gasteiger charge is -2.50. The first-order valence-corrected chi connectivity index (χ1v) is 12.4. The van der Waals surface area contributed by atoms with E-state index in [-0.39, 0.29) is 47.1 Å². The minimum Gasteiger partial charge on any atom is -0.508 e. The van der Waals surface area contributed by atoms with Crippen molar-refractivity contribution in [2.45, 2.75) is 57.2 Å². The number of carbonyl (C=O) groups excluding carboxylic acids is 3. The van der Waals surface area contributed by atoms with Gasteiger partial charge in [-0.2, -0.15) is 0 Å². The van der Waals surface area contributed by atoms with Gasteiger partial charge in [0.2, 0.25) is 5.78 Å². The van der Waals surface area contributed by atoms with Gasteiger partial charge in [-0.3, -0.25) is 19.3 Å². The molecule has 1 aromatic carbocycles. The molecule has 206 valence electrons. The molecule has 0 saturated heterocycles. The predicted octanol–water partition coefficient (Wildman–Crippen LogP) is 1.03. The van der Waals surface area contributed by atoms with Crippen LogP contribution in [-0.4, -0.2) is 80.6 Å². The quantitative estimate of drug-likeness (QED) is 0.303. The van der Waals surface area contributed by atoms with Gasteiger partial charge < -0.3 is 31.5 Å². The maximum atomic E-state index is 15.7. The molecule has 3 aliphatic carbocycles. The first-order chi connectivity index (χ1) is 17.5. The van der Waals surface area contributed by atoms with Crippen molar-refractivity contribution in [2.75, 3.05) is 20.6 Å². The molecule has 0 unspecified atom stereocenters. The Hall–Kier alpha value is -3.28. The third kappa shape index (κ3) is 4.09. The number of fused-ring (bicyclic) bond motifs is 3. The number of nitrogens with two attached hydrogens (primary N) is 1. The zero-order valence-corrected chi connectivity index (χ0v) is 22.1. The summed E-state index contributed by atoms with van der Waals surface area (Å²) in [4.78, 5) is 40.3. The smallest absolute Gasteiger partial charge is 0.255 e. The highest BCUT2D eigenvalue weighted by Gasteiger charge is 2.64. The van der Waals surface area contributed by atoms with Crippen LogP contribution in [0.1, 0.15) is 43.9 Å². The van der Waals surface area contributed by atoms with Crippen LogP contribution in [0.15, 0.2) is 23.0 Å². The van der Waals surface area contributed by atoms with Crippen LogP contribution in [0.5, 0.6) is 5.75 Å². The van der Waals surface area contributed by atoms with Crippen molar-refractivity contribution in [1.82, 2.24) is 10.2 Å². The van der Waals surface area contributed by atoms with Crippen LogP contribution in [0, 0.1) is 17.7 Å². The van der Waals surface area contributed by atoms with E-state index in [1.54, 1.807) is 0 Å². The molecule has 0 spiro atoms. The molecule has 0 heterocycles. The Balaban J connectivity index is 1.85. The number of ketones is 2. The summed E-state index contributed by atoms with van der Waals surface area (Å²) >= 11 is 0. The standard InChI is InChI=1S/C27H34FN3O7/c1-26(2,3)30-7-6-11-10-15(32)17-13(19(11)28)8-12-9-14-20(31(4)5)22(34)18(25(29)37)24(36)27(14,38)23(35)16(12)21(17)33/h10,12,14,20,30,32-33,36,38H,6-9H2,1-5H3,(H2,29,37)/t12-,14-,20-,27-/m0/s1. The topological polar surface area (TPSA) is 173 Å². The Morgan fingerprint density at radius 3 is 2.42 bits per heavy atom. The number of phenols is 1. The maximum Gasteiger partial charge on any atom is 0.255 e. The highest BCUT2D eigenvalue weighted by atomic mass is 19.1. The monoisotopic (exact) mass is 531 g/mol. The van der Waals surface area contributed by atoms with E-state index >= 15 is 4.39 Å². The zero-order chi connectivity index (χ0) is 28.5. The van der Waals surface area contributed by atoms with E-state index in [9.17, 15) is 34.8 Å². The summed E-state index contributed by atoms with van der Waals surface area (Å²) in [6.07, 6.45) is 0.0786. The number of carbonyl (C=O) groups is 3. The van der Waals surface area contributed by atoms with Crippen molar-refractivity contribution in [3.63, 3.8) is 0 Å². The largest absolute Gasteiger partial charge is 0.508 e. The number of hydrogen-bond acceptors (Lipinski definition) is 9. The van der Waals surface area contributed by atoms with E-state index < -0.39 is 69.6 Å². The molecule has 4 atom stereocenters. The fraction of sp³-hybridized carbons (Fsp3) is 0.519. The number of Topliss-reactive ketones (excluding diaryl/α,β-unsaturated/α-hetero) is 2. The van der Waals surface area contributed by atoms with Gasteiger partial charge in [-0.1, -0.05) is 0 Å². The lowest BCUT2D eigenvalue weighted by Crippen LogP contribution is -2.65. The Kier molecular flexibility index (Phi) is 6.70. The number of halogens is 1. The molecule has 4 rings (SSSR count). The van der Waals surface area contributed by atoms with Gasteiger partial charge in [0.05, 0.1) is 11.6 Å². The maximum absolute atomic E-state index is 15.7. The molecular formula is C27H34FN3O7. The average Bonchev–Trinajstić information content (AvgIpc) is 2.78. The molecule has 1 saturated carbocycles. The second-order valence-electron chi connectivity index (χ2n) is 11.6. The number of aliphatic hydroxyl groups excluding tert-OH is 2. The summed E-state index contributed by atoms with van der Waals surface area (Å²) in [5.74, 6) is -8.23. The molecule has 3 aliphatic rings. The fourth-order valence-corrected chi connectivity index (χ4v) is 6.10. The Bertz CT molecular complexity index is 1310. The van der Waals surface area contributed by atoms with Gasteiger partial charge in [-0.15, -0.1) is 0 Å². The van der Waals surface area contributed by atoms with E-state index in [4.69, 9.17) is 5.73 Å². The number of primary amides is 1. The van der Waals surface area contributed by atoms with E-state index in [1.807, 2.05) is 20.8 Å². The molecule has 1 aromatic rings. The van der Waals surface area contributed by atoms with Crippen molar-refractivity contribution in [1.29, 1.82) is 0 Å². The van der Waals surface area contributed by atoms with Crippen LogP contribution in [-0.2, 0) is 27.2 Å². The number of likely N-dealkylation sites (N-methyl/N-ethyl adjacent to an activating group) is 1. The van der Waals surface area contributed by atoms with Crippen LogP contribution < -0.4 is 11.1 Å². The first kappa shape index (κ1) is 27.7. The number of benzene rings is 1. The SMILES string of the molecule is CN(C)[C@@H]1C(=O)C(C(N)=O)=C(O)[C@@]2(O)C(=O)C3=C(O)c4c(O)cc(CCNC(C)(C)C)c(F)c4C[C@H]3C[C@@H]12. The normalized spacial score (nSPS) is 27.4. The molecule has 38 heavy (non-hydrogen) atoms. The molecular weight excluding hydrogens is 497 g/mol. The lowest BCUT2D eigenvalue weighted by molar-refractivity contribution is -0.153. The fourth-order valence-electron chi connectivity index (χ4n) is 6.10. The Labute approximate surface area is 219 Å². The van der Waals surface area contributed by atoms with E-state index in [1.165, 1.54) is 25.1 Å². The number of hydrogen-bond donors (Lipinski definition) is 6. The van der Waals surface area contributed by atoms with Crippen LogP contribution >= 0.6 is 0 Å². The minimum absolute atomic E-state index is 0.0291. The molecule has 1 amide bonds. The van der Waals surface area contributed by atoms with Gasteiger partial charge in [0.25, 0.3) is 5.91 Å². The average molecular weight is 532 g/mol. The minimum atomic E-state index is -2.72. The molecule has 10 nitrogen and oxygen atoms in total. The highest BCUT2D eigenvalue weighted by molar-refractivity contribution is 6.24. The van der Waals surface area contributed by atoms with Crippen molar-refractivity contribution in [2.24, 2.45) is 17.6 Å². The van der Waals surface area contributed by atoms with Gasteiger partial charge in [0.1, 0.15) is 28.7 Å². The van der Waals surface area contributed by atoms with Crippen molar-refractivity contribution in [3.05, 3.63) is 45.5 Å². The summed E-state index contributed by atoms with van der Waals surface area (Å²) in [5, 5.41) is 47.6. The van der Waals surface area contributed by atoms with Gasteiger partial charge in [0.15, 0.2) is 11.4 Å². The number of aliphatic hydroxyl groups is 3. The zero-order valence-electron chi connectivity index (χ0n) is 22.1. The molecule has 0 aliphatic heterocycles. The van der Waals surface area contributed by atoms with Crippen molar-refractivity contribution in [3.8, 4) is 5.75 Å². The number of amides is 1. The summed E-state index contributed by atoms with van der Waals surface area (Å²) < 4.78 is 15.7. The Morgan fingerprint density at radius 1 is 1.24 bits per heavy atom. The predicted molar refractivity (Wildman–Crippen MR) is 136 cm³/mol. The van der Waals surface area contributed by atoms with E-state index in [0.717, 1.165) is 0 Å². The first-order valence-electron chi connectivity index (χ1n) is 12.4. The number of phenolic OH excluding ortho intramolecular Hbond substituents is 1. The van der Waals surface area contributed by atoms with Gasteiger partial charge >= 0.3 is 0 Å². The van der Waals surface area contributed by atoms with Crippen LogP contribution in [0.25, 0.3) is 5.76 Å². The number of aromatic hydroxyl groups is 1. The summed E-state index contributed by atoms with van der Waals surface area (Å²) in [5.41, 5.74) is 1.20. The van der Waals surface area contributed by atoms with E-state index in [0.29, 0.717) is 6.54 Å². The third-order valence-corrected chi connectivity index (χ3v) is 7.78. The highest BCUT2D eigenvalue weighted by Crippen LogP contribution is 2.53. The van der Waals surface area contributed by atoms with Crippen LogP contribution in [0.4, 0.5) is 4.39 Å². The summed E-state index contributed by atoms with van der Waals surface area (Å²) in [6.45, 7) is 6.34. The van der Waals surface area contributed by atoms with Crippen molar-refractivity contribution < 1.29 is 39.2 Å². The molecule has 1 fully saturated rings. The molecule has 0 aromatic heterocycles. The lowest BCUT2D eigenvalue weighted by atomic mass is 9.57. The second kappa shape index (κ2) is 9.18. The molecule has 11 heteroatoms. The number of nitrogens with zero attached hydrogens (tertiary/aromatic N) is 1. The van der Waals surface area contributed by atoms with Crippen molar-refractivity contribution >= 4 is 23.2 Å².